The minimum absolute atomic E-state index is 0.654. The van der Waals surface area contributed by atoms with Gasteiger partial charge in [-0.25, -0.2) is 0 Å². The number of hydrogen-bond acceptors (Lipinski definition) is 2. The predicted octanol–water partition coefficient (Wildman–Crippen LogP) is 3.01. The highest BCUT2D eigenvalue weighted by Crippen LogP contribution is 2.12. The van der Waals surface area contributed by atoms with Gasteiger partial charge in [0.25, 0.3) is 0 Å². The molecule has 0 aliphatic heterocycles. The van der Waals surface area contributed by atoms with Gasteiger partial charge in [0.15, 0.2) is 12.6 Å². The fourth-order valence-electron chi connectivity index (χ4n) is 2.58. The van der Waals surface area contributed by atoms with Gasteiger partial charge in [-0.2, -0.15) is 0 Å². The van der Waals surface area contributed by atoms with Crippen molar-refractivity contribution in [3.63, 3.8) is 0 Å². The van der Waals surface area contributed by atoms with Gasteiger partial charge >= 0.3 is 0 Å². The van der Waals surface area contributed by atoms with Crippen molar-refractivity contribution >= 4 is 12.6 Å². The molecule has 0 N–H and O–H groups in total. The largest absolute Gasteiger partial charge is 0.341 e. The molecule has 0 spiro atoms. The highest BCUT2D eigenvalue weighted by Gasteiger charge is 2.04. The Morgan fingerprint density at radius 3 is 1.68 bits per heavy atom. The van der Waals surface area contributed by atoms with Crippen molar-refractivity contribution in [2.45, 2.75) is 13.1 Å². The van der Waals surface area contributed by atoms with Crippen molar-refractivity contribution in [3.05, 3.63) is 83.4 Å². The molecular formula is C18H16N2O2. The first kappa shape index (κ1) is 14.1. The van der Waals surface area contributed by atoms with Gasteiger partial charge in [0.2, 0.25) is 0 Å². The van der Waals surface area contributed by atoms with E-state index in [1.807, 2.05) is 51.9 Å². The molecule has 0 amide bonds. The van der Waals surface area contributed by atoms with Crippen molar-refractivity contribution in [1.82, 2.24) is 9.13 Å². The van der Waals surface area contributed by atoms with Crippen LogP contribution in [0.25, 0.3) is 0 Å². The Morgan fingerprint density at radius 1 is 0.727 bits per heavy atom. The smallest absolute Gasteiger partial charge is 0.166 e. The zero-order valence-corrected chi connectivity index (χ0v) is 12.1. The molecule has 0 bridgehead atoms. The zero-order chi connectivity index (χ0) is 15.4. The number of carbonyl (C=O) groups is 2. The predicted molar refractivity (Wildman–Crippen MR) is 84.3 cm³/mol. The summed E-state index contributed by atoms with van der Waals surface area (Å²) in [4.78, 5) is 21.9. The molecule has 0 unspecified atom stereocenters. The molecule has 1 aromatic carbocycles. The van der Waals surface area contributed by atoms with Crippen molar-refractivity contribution in [1.29, 1.82) is 0 Å². The van der Waals surface area contributed by atoms with Crippen LogP contribution in [0.3, 0.4) is 0 Å². The molecule has 0 radical (unpaired) electrons. The van der Waals surface area contributed by atoms with Crippen LogP contribution >= 0.6 is 0 Å². The van der Waals surface area contributed by atoms with Crippen molar-refractivity contribution < 1.29 is 9.59 Å². The molecule has 2 heterocycles. The topological polar surface area (TPSA) is 44.0 Å². The Balaban J connectivity index is 1.81. The highest BCUT2D eigenvalue weighted by atomic mass is 16.1. The summed E-state index contributed by atoms with van der Waals surface area (Å²) in [6, 6.07) is 15.5. The Labute approximate surface area is 128 Å². The Kier molecular flexibility index (Phi) is 4.01. The second-order valence-electron chi connectivity index (χ2n) is 5.18. The van der Waals surface area contributed by atoms with Crippen LogP contribution in [0.5, 0.6) is 0 Å². The lowest BCUT2D eigenvalue weighted by molar-refractivity contribution is 0.110. The van der Waals surface area contributed by atoms with E-state index in [4.69, 9.17) is 0 Å². The van der Waals surface area contributed by atoms with Gasteiger partial charge in [-0.05, 0) is 35.4 Å². The third-order valence-electron chi connectivity index (χ3n) is 3.67. The summed E-state index contributed by atoms with van der Waals surface area (Å²) < 4.78 is 3.83. The van der Waals surface area contributed by atoms with Crippen molar-refractivity contribution in [2.75, 3.05) is 0 Å². The molecule has 22 heavy (non-hydrogen) atoms. The number of benzene rings is 1. The lowest BCUT2D eigenvalue weighted by Crippen LogP contribution is -2.05. The molecule has 2 aromatic heterocycles. The molecule has 0 saturated carbocycles. The average molecular weight is 292 g/mol. The highest BCUT2D eigenvalue weighted by molar-refractivity contribution is 5.72. The summed E-state index contributed by atoms with van der Waals surface area (Å²) >= 11 is 0. The standard InChI is InChI=1S/C18H16N2O2/c21-13-17-6-2-8-19(17)11-15-4-1-5-16(10-15)12-20-9-3-7-18(20)14-22/h1-10,13-14H,11-12H2. The fourth-order valence-corrected chi connectivity index (χ4v) is 2.58. The third kappa shape index (κ3) is 2.91. The zero-order valence-electron chi connectivity index (χ0n) is 12.1. The molecule has 0 aliphatic rings. The summed E-state index contributed by atoms with van der Waals surface area (Å²) in [5.74, 6) is 0. The van der Waals surface area contributed by atoms with Crippen LogP contribution in [-0.2, 0) is 13.1 Å². The lowest BCUT2D eigenvalue weighted by Gasteiger charge is -2.09. The average Bonchev–Trinajstić information content (AvgIpc) is 3.16. The molecule has 0 saturated heterocycles. The summed E-state index contributed by atoms with van der Waals surface area (Å²) in [5.41, 5.74) is 3.58. The fraction of sp³-hybridized carbons (Fsp3) is 0.111. The van der Waals surface area contributed by atoms with Gasteiger partial charge in [0.05, 0.1) is 11.4 Å². The maximum absolute atomic E-state index is 11.0. The van der Waals surface area contributed by atoms with Crippen LogP contribution in [0.15, 0.2) is 60.9 Å². The van der Waals surface area contributed by atoms with E-state index in [1.165, 1.54) is 0 Å². The van der Waals surface area contributed by atoms with Gasteiger partial charge in [0, 0.05) is 25.5 Å². The molecular weight excluding hydrogens is 276 g/mol. The van der Waals surface area contributed by atoms with E-state index < -0.39 is 0 Å². The second kappa shape index (κ2) is 6.26. The summed E-state index contributed by atoms with van der Waals surface area (Å²) in [7, 11) is 0. The molecule has 3 aromatic rings. The van der Waals surface area contributed by atoms with Crippen LogP contribution in [0.1, 0.15) is 32.1 Å². The molecule has 3 rings (SSSR count). The summed E-state index contributed by atoms with van der Waals surface area (Å²) in [5, 5.41) is 0. The number of aldehydes is 2. The Morgan fingerprint density at radius 2 is 1.23 bits per heavy atom. The quantitative estimate of drug-likeness (QED) is 0.655. The van der Waals surface area contributed by atoms with E-state index in [1.54, 1.807) is 12.1 Å². The minimum Gasteiger partial charge on any atom is -0.341 e. The number of carbonyl (C=O) groups excluding carboxylic acids is 2. The number of rotatable bonds is 6. The van der Waals surface area contributed by atoms with E-state index in [2.05, 4.69) is 6.07 Å². The number of hydrogen-bond donors (Lipinski definition) is 0. The monoisotopic (exact) mass is 292 g/mol. The number of nitrogens with zero attached hydrogens (tertiary/aromatic N) is 2. The Hall–Kier alpha value is -2.88. The van der Waals surface area contributed by atoms with E-state index in [-0.39, 0.29) is 0 Å². The molecule has 0 atom stereocenters. The third-order valence-corrected chi connectivity index (χ3v) is 3.67. The number of aromatic nitrogens is 2. The second-order valence-corrected chi connectivity index (χ2v) is 5.18. The minimum atomic E-state index is 0.654. The van der Waals surface area contributed by atoms with Crippen molar-refractivity contribution in [3.8, 4) is 0 Å². The first-order valence-corrected chi connectivity index (χ1v) is 7.08. The van der Waals surface area contributed by atoms with Crippen LogP contribution in [0.2, 0.25) is 0 Å². The van der Waals surface area contributed by atoms with Gasteiger partial charge in [-0.1, -0.05) is 24.3 Å². The van der Waals surface area contributed by atoms with Crippen molar-refractivity contribution in [2.24, 2.45) is 0 Å². The lowest BCUT2D eigenvalue weighted by atomic mass is 10.1. The SMILES string of the molecule is O=Cc1cccn1Cc1cccc(Cn2cccc2C=O)c1. The van der Waals surface area contributed by atoms with Gasteiger partial charge in [0.1, 0.15) is 0 Å². The summed E-state index contributed by atoms with van der Waals surface area (Å²) in [6.45, 7) is 1.31. The van der Waals surface area contributed by atoms with Gasteiger partial charge < -0.3 is 9.13 Å². The van der Waals surface area contributed by atoms with E-state index >= 15 is 0 Å². The Bertz CT molecular complexity index is 735. The summed E-state index contributed by atoms with van der Waals surface area (Å²) in [6.07, 6.45) is 5.51. The van der Waals surface area contributed by atoms with E-state index in [0.717, 1.165) is 23.7 Å². The van der Waals surface area contributed by atoms with E-state index in [0.29, 0.717) is 24.5 Å². The van der Waals surface area contributed by atoms with Crippen LogP contribution in [0, 0.1) is 0 Å². The van der Waals surface area contributed by atoms with Crippen LogP contribution in [0.4, 0.5) is 0 Å². The first-order valence-electron chi connectivity index (χ1n) is 7.08. The maximum Gasteiger partial charge on any atom is 0.166 e. The van der Waals surface area contributed by atoms with Crippen LogP contribution in [-0.4, -0.2) is 21.7 Å². The van der Waals surface area contributed by atoms with Gasteiger partial charge in [-0.3, -0.25) is 9.59 Å². The van der Waals surface area contributed by atoms with E-state index in [9.17, 15) is 9.59 Å². The van der Waals surface area contributed by atoms with Crippen LogP contribution < -0.4 is 0 Å². The van der Waals surface area contributed by atoms with Gasteiger partial charge in [-0.15, -0.1) is 0 Å². The molecule has 4 heteroatoms. The molecule has 110 valence electrons. The molecule has 4 nitrogen and oxygen atoms in total. The maximum atomic E-state index is 11.0. The molecule has 0 fully saturated rings. The molecule has 0 aliphatic carbocycles. The first-order chi connectivity index (χ1) is 10.8. The normalized spacial score (nSPS) is 10.5.